The van der Waals surface area contributed by atoms with Crippen LogP contribution in [0.1, 0.15) is 32.2 Å². The number of hydrogen-bond donors (Lipinski definition) is 2. The van der Waals surface area contributed by atoms with Crippen molar-refractivity contribution >= 4 is 29.2 Å². The van der Waals surface area contributed by atoms with E-state index in [-0.39, 0.29) is 30.5 Å². The molecule has 1 aromatic heterocycles. The highest BCUT2D eigenvalue weighted by atomic mass is 32.1. The van der Waals surface area contributed by atoms with Crippen molar-refractivity contribution < 1.29 is 18.7 Å². The van der Waals surface area contributed by atoms with Gasteiger partial charge >= 0.3 is 0 Å². The summed E-state index contributed by atoms with van der Waals surface area (Å²) in [4.78, 5) is 28.3. The number of rotatable bonds is 9. The molecule has 32 heavy (non-hydrogen) atoms. The Morgan fingerprint density at radius 3 is 2.53 bits per heavy atom. The third-order valence-electron chi connectivity index (χ3n) is 4.50. The van der Waals surface area contributed by atoms with Crippen LogP contribution in [0.25, 0.3) is 6.08 Å². The molecule has 2 N–H and O–H groups in total. The Morgan fingerprint density at radius 2 is 1.84 bits per heavy atom. The van der Waals surface area contributed by atoms with E-state index >= 15 is 0 Å². The zero-order valence-corrected chi connectivity index (χ0v) is 18.7. The van der Waals surface area contributed by atoms with Gasteiger partial charge in [-0.3, -0.25) is 9.59 Å². The van der Waals surface area contributed by atoms with Crippen molar-refractivity contribution in [3.63, 3.8) is 0 Å². The normalized spacial score (nSPS) is 10.8. The van der Waals surface area contributed by atoms with Crippen molar-refractivity contribution in [2.75, 3.05) is 13.1 Å². The second-order valence-corrected chi connectivity index (χ2v) is 8.12. The van der Waals surface area contributed by atoms with E-state index in [2.05, 4.69) is 15.6 Å². The highest BCUT2D eigenvalue weighted by molar-refractivity contribution is 7.09. The lowest BCUT2D eigenvalue weighted by molar-refractivity contribution is -0.116. The van der Waals surface area contributed by atoms with Crippen molar-refractivity contribution in [3.05, 3.63) is 87.1 Å². The SMILES string of the molecule is Cc1nc(COc2ccc(/C=C/C(=O)NCCNC(=O)c3ccc(C)c(F)c3)cc2)cs1. The maximum atomic E-state index is 13.5. The number of amides is 2. The Hall–Kier alpha value is -3.52. The molecule has 2 aromatic carbocycles. The summed E-state index contributed by atoms with van der Waals surface area (Å²) in [5, 5.41) is 8.31. The minimum absolute atomic E-state index is 0.235. The minimum Gasteiger partial charge on any atom is -0.487 e. The number of aromatic nitrogens is 1. The average molecular weight is 454 g/mol. The highest BCUT2D eigenvalue weighted by Crippen LogP contribution is 2.16. The quantitative estimate of drug-likeness (QED) is 0.379. The first kappa shape index (κ1) is 23.1. The van der Waals surface area contributed by atoms with E-state index < -0.39 is 5.82 Å². The van der Waals surface area contributed by atoms with E-state index in [9.17, 15) is 14.0 Å². The molecule has 3 aromatic rings. The van der Waals surface area contributed by atoms with Crippen LogP contribution in [-0.4, -0.2) is 29.9 Å². The zero-order chi connectivity index (χ0) is 22.9. The zero-order valence-electron chi connectivity index (χ0n) is 17.9. The molecule has 0 radical (unpaired) electrons. The smallest absolute Gasteiger partial charge is 0.251 e. The van der Waals surface area contributed by atoms with Gasteiger partial charge in [0.15, 0.2) is 0 Å². The molecule has 6 nitrogen and oxygen atoms in total. The van der Waals surface area contributed by atoms with Crippen LogP contribution < -0.4 is 15.4 Å². The van der Waals surface area contributed by atoms with Crippen molar-refractivity contribution in [3.8, 4) is 5.75 Å². The monoisotopic (exact) mass is 453 g/mol. The molecule has 0 bridgehead atoms. The molecule has 0 aliphatic heterocycles. The predicted octanol–water partition coefficient (Wildman–Crippen LogP) is 4.04. The number of ether oxygens (including phenoxy) is 1. The van der Waals surface area contributed by atoms with Gasteiger partial charge in [0.1, 0.15) is 18.2 Å². The fraction of sp³-hybridized carbons (Fsp3) is 0.208. The van der Waals surface area contributed by atoms with Gasteiger partial charge in [0.05, 0.1) is 10.7 Å². The van der Waals surface area contributed by atoms with Crippen LogP contribution in [0.15, 0.2) is 53.9 Å². The Kier molecular flexibility index (Phi) is 8.10. The summed E-state index contributed by atoms with van der Waals surface area (Å²) in [5.74, 6) is -0.368. The Labute approximate surface area is 190 Å². The van der Waals surface area contributed by atoms with Crippen LogP contribution in [0.2, 0.25) is 0 Å². The molecule has 3 rings (SSSR count). The molecule has 0 unspecified atom stereocenters. The number of hydrogen-bond acceptors (Lipinski definition) is 5. The number of carbonyl (C=O) groups is 2. The van der Waals surface area contributed by atoms with Crippen LogP contribution in [-0.2, 0) is 11.4 Å². The lowest BCUT2D eigenvalue weighted by Gasteiger charge is -2.07. The fourth-order valence-corrected chi connectivity index (χ4v) is 3.33. The molecular formula is C24H24FN3O3S. The van der Waals surface area contributed by atoms with Gasteiger partial charge in [0, 0.05) is 30.1 Å². The summed E-state index contributed by atoms with van der Waals surface area (Å²) in [5.41, 5.74) is 2.48. The number of aryl methyl sites for hydroxylation is 2. The lowest BCUT2D eigenvalue weighted by atomic mass is 10.1. The first-order valence-corrected chi connectivity index (χ1v) is 10.9. The second kappa shape index (κ2) is 11.2. The topological polar surface area (TPSA) is 80.3 Å². The van der Waals surface area contributed by atoms with Gasteiger partial charge in [0.25, 0.3) is 5.91 Å². The maximum Gasteiger partial charge on any atom is 0.251 e. The van der Waals surface area contributed by atoms with Crippen LogP contribution in [0.5, 0.6) is 5.75 Å². The van der Waals surface area contributed by atoms with E-state index in [0.29, 0.717) is 12.2 Å². The van der Waals surface area contributed by atoms with E-state index in [4.69, 9.17) is 4.74 Å². The van der Waals surface area contributed by atoms with Gasteiger partial charge in [-0.2, -0.15) is 0 Å². The molecule has 1 heterocycles. The third kappa shape index (κ3) is 7.02. The predicted molar refractivity (Wildman–Crippen MR) is 123 cm³/mol. The Balaban J connectivity index is 1.37. The number of halogens is 1. The van der Waals surface area contributed by atoms with Crippen molar-refractivity contribution in [1.29, 1.82) is 0 Å². The highest BCUT2D eigenvalue weighted by Gasteiger charge is 2.07. The van der Waals surface area contributed by atoms with Gasteiger partial charge in [-0.15, -0.1) is 11.3 Å². The molecule has 166 valence electrons. The molecule has 0 fully saturated rings. The van der Waals surface area contributed by atoms with Gasteiger partial charge in [-0.1, -0.05) is 18.2 Å². The van der Waals surface area contributed by atoms with Gasteiger partial charge < -0.3 is 15.4 Å². The van der Waals surface area contributed by atoms with Gasteiger partial charge in [-0.05, 0) is 55.3 Å². The van der Waals surface area contributed by atoms with Crippen LogP contribution in [0.3, 0.4) is 0 Å². The van der Waals surface area contributed by atoms with Crippen LogP contribution in [0, 0.1) is 19.7 Å². The molecule has 0 atom stereocenters. The number of nitrogens with zero attached hydrogens (tertiary/aromatic N) is 1. The first-order chi connectivity index (χ1) is 15.4. The standard InChI is InChI=1S/C24H24FN3O3S/c1-16-3-7-19(13-22(16)25)24(30)27-12-11-26-23(29)10-6-18-4-8-21(9-5-18)31-14-20-15-32-17(2)28-20/h3-10,13,15H,11-12,14H2,1-2H3,(H,26,29)(H,27,30)/b10-6+. The molecule has 2 amide bonds. The van der Waals surface area contributed by atoms with Gasteiger partial charge in [0.2, 0.25) is 5.91 Å². The van der Waals surface area contributed by atoms with E-state index in [1.807, 2.05) is 36.6 Å². The molecule has 0 aliphatic carbocycles. The molecule has 0 saturated carbocycles. The summed E-state index contributed by atoms with van der Waals surface area (Å²) < 4.78 is 19.2. The summed E-state index contributed by atoms with van der Waals surface area (Å²) in [6, 6.07) is 11.7. The molecule has 0 aliphatic rings. The lowest BCUT2D eigenvalue weighted by Crippen LogP contribution is -2.34. The molecule has 8 heteroatoms. The van der Waals surface area contributed by atoms with Crippen molar-refractivity contribution in [2.24, 2.45) is 0 Å². The van der Waals surface area contributed by atoms with E-state index in [0.717, 1.165) is 22.0 Å². The van der Waals surface area contributed by atoms with E-state index in [1.54, 1.807) is 36.5 Å². The maximum absolute atomic E-state index is 13.5. The third-order valence-corrected chi connectivity index (χ3v) is 5.33. The number of nitrogens with one attached hydrogen (secondary N) is 2. The van der Waals surface area contributed by atoms with Gasteiger partial charge in [-0.25, -0.2) is 9.37 Å². The summed E-state index contributed by atoms with van der Waals surface area (Å²) >= 11 is 1.59. The van der Waals surface area contributed by atoms with Crippen molar-refractivity contribution in [1.82, 2.24) is 15.6 Å². The number of benzene rings is 2. The number of thiazole rings is 1. The largest absolute Gasteiger partial charge is 0.487 e. The summed E-state index contributed by atoms with van der Waals surface area (Å²) in [7, 11) is 0. The summed E-state index contributed by atoms with van der Waals surface area (Å²) in [6.07, 6.45) is 3.11. The molecular weight excluding hydrogens is 429 g/mol. The van der Waals surface area contributed by atoms with E-state index in [1.165, 1.54) is 12.1 Å². The van der Waals surface area contributed by atoms with Crippen LogP contribution >= 0.6 is 11.3 Å². The number of carbonyl (C=O) groups excluding carboxylic acids is 2. The summed E-state index contributed by atoms with van der Waals surface area (Å²) in [6.45, 7) is 4.49. The van der Waals surface area contributed by atoms with Crippen LogP contribution in [0.4, 0.5) is 4.39 Å². The molecule has 0 spiro atoms. The molecule has 0 saturated heterocycles. The average Bonchev–Trinajstić information content (AvgIpc) is 3.21. The fourth-order valence-electron chi connectivity index (χ4n) is 2.74. The first-order valence-electron chi connectivity index (χ1n) is 10.0. The Bertz CT molecular complexity index is 1110. The minimum atomic E-state index is -0.426. The Morgan fingerprint density at radius 1 is 1.09 bits per heavy atom. The van der Waals surface area contributed by atoms with Crippen molar-refractivity contribution in [2.45, 2.75) is 20.5 Å². The second-order valence-electron chi connectivity index (χ2n) is 7.06.